The second-order valence-electron chi connectivity index (χ2n) is 5.12. The molecule has 110 valence electrons. The van der Waals surface area contributed by atoms with E-state index in [0.29, 0.717) is 12.6 Å². The number of hydrogen-bond donors (Lipinski definition) is 0. The molecule has 5 nitrogen and oxygen atoms in total. The van der Waals surface area contributed by atoms with Crippen LogP contribution in [0.2, 0.25) is 0 Å². The summed E-state index contributed by atoms with van der Waals surface area (Å²) < 4.78 is 10.5. The fourth-order valence-corrected chi connectivity index (χ4v) is 2.65. The Hall–Kier alpha value is -2.30. The van der Waals surface area contributed by atoms with Gasteiger partial charge in [0.25, 0.3) is 0 Å². The largest absolute Gasteiger partial charge is 0.461 e. The second-order valence-corrected chi connectivity index (χ2v) is 5.12. The molecule has 0 amide bonds. The average molecular weight is 286 g/mol. The van der Waals surface area contributed by atoms with Gasteiger partial charge in [0.2, 0.25) is 0 Å². The highest BCUT2D eigenvalue weighted by Gasteiger charge is 2.28. The number of oxazole rings is 1. The van der Waals surface area contributed by atoms with Gasteiger partial charge in [-0.25, -0.2) is 4.79 Å². The number of ether oxygens (including phenoxy) is 1. The lowest BCUT2D eigenvalue weighted by atomic mass is 9.97. The van der Waals surface area contributed by atoms with Crippen LogP contribution in [0.4, 0.5) is 11.7 Å². The molecule has 1 unspecified atom stereocenters. The molecule has 1 aliphatic heterocycles. The normalized spacial score (nSPS) is 17.4. The van der Waals surface area contributed by atoms with Gasteiger partial charge in [0.1, 0.15) is 6.26 Å². The van der Waals surface area contributed by atoms with E-state index in [1.165, 1.54) is 11.8 Å². The van der Waals surface area contributed by atoms with Crippen molar-refractivity contribution in [3.8, 4) is 0 Å². The first kappa shape index (κ1) is 13.7. The van der Waals surface area contributed by atoms with Crippen LogP contribution in [-0.4, -0.2) is 23.6 Å². The monoisotopic (exact) mass is 286 g/mol. The van der Waals surface area contributed by atoms with Gasteiger partial charge in [0, 0.05) is 11.7 Å². The van der Waals surface area contributed by atoms with Gasteiger partial charge in [0.15, 0.2) is 5.69 Å². The molecule has 0 radical (unpaired) electrons. The van der Waals surface area contributed by atoms with E-state index in [4.69, 9.17) is 9.15 Å². The highest BCUT2D eigenvalue weighted by molar-refractivity contribution is 5.87. The molecule has 1 atom stereocenters. The number of carbonyl (C=O) groups is 1. The third-order valence-corrected chi connectivity index (χ3v) is 3.71. The van der Waals surface area contributed by atoms with Crippen LogP contribution in [0.25, 0.3) is 0 Å². The Labute approximate surface area is 123 Å². The summed E-state index contributed by atoms with van der Waals surface area (Å²) in [6, 6.07) is 8.92. The van der Waals surface area contributed by atoms with Crippen molar-refractivity contribution in [3.05, 3.63) is 41.8 Å². The summed E-state index contributed by atoms with van der Waals surface area (Å²) >= 11 is 0. The summed E-state index contributed by atoms with van der Waals surface area (Å²) in [5, 5.41) is 0. The Kier molecular flexibility index (Phi) is 3.64. The Balaban J connectivity index is 1.95. The number of rotatable bonds is 3. The topological polar surface area (TPSA) is 55.6 Å². The number of para-hydroxylation sites is 1. The van der Waals surface area contributed by atoms with Gasteiger partial charge in [-0.05, 0) is 38.3 Å². The molecule has 1 aromatic carbocycles. The van der Waals surface area contributed by atoms with Crippen molar-refractivity contribution < 1.29 is 13.9 Å². The van der Waals surface area contributed by atoms with Crippen LogP contribution >= 0.6 is 0 Å². The number of benzene rings is 1. The molecule has 0 fully saturated rings. The Morgan fingerprint density at radius 3 is 3.10 bits per heavy atom. The average Bonchev–Trinajstić information content (AvgIpc) is 2.97. The molecule has 0 saturated carbocycles. The first-order chi connectivity index (χ1) is 10.2. The van der Waals surface area contributed by atoms with Gasteiger partial charge < -0.3 is 9.15 Å². The van der Waals surface area contributed by atoms with E-state index in [9.17, 15) is 4.79 Å². The number of fused-ring (bicyclic) bond motifs is 1. The van der Waals surface area contributed by atoms with Crippen molar-refractivity contribution in [1.82, 2.24) is 4.98 Å². The fraction of sp³-hybridized carbons (Fsp3) is 0.375. The predicted octanol–water partition coefficient (Wildman–Crippen LogP) is 3.32. The zero-order chi connectivity index (χ0) is 14.8. The molecule has 5 heteroatoms. The highest BCUT2D eigenvalue weighted by atomic mass is 16.5. The van der Waals surface area contributed by atoms with E-state index >= 15 is 0 Å². The van der Waals surface area contributed by atoms with E-state index in [0.717, 1.165) is 18.5 Å². The number of anilines is 2. The van der Waals surface area contributed by atoms with Crippen LogP contribution < -0.4 is 4.90 Å². The minimum absolute atomic E-state index is 0.210. The highest BCUT2D eigenvalue weighted by Crippen LogP contribution is 2.36. The molecule has 2 heterocycles. The minimum Gasteiger partial charge on any atom is -0.461 e. The summed E-state index contributed by atoms with van der Waals surface area (Å²) in [6.45, 7) is 4.22. The number of esters is 1. The zero-order valence-corrected chi connectivity index (χ0v) is 12.2. The number of nitrogens with zero attached hydrogens (tertiary/aromatic N) is 2. The molecule has 0 spiro atoms. The molecule has 0 aliphatic carbocycles. The lowest BCUT2D eigenvalue weighted by Gasteiger charge is -2.33. The van der Waals surface area contributed by atoms with Crippen LogP contribution in [-0.2, 0) is 11.2 Å². The molecule has 0 saturated heterocycles. The van der Waals surface area contributed by atoms with Crippen molar-refractivity contribution in [2.24, 2.45) is 0 Å². The van der Waals surface area contributed by atoms with Gasteiger partial charge in [-0.2, -0.15) is 4.98 Å². The lowest BCUT2D eigenvalue weighted by molar-refractivity contribution is 0.0519. The number of aromatic nitrogens is 1. The van der Waals surface area contributed by atoms with E-state index < -0.39 is 5.97 Å². The van der Waals surface area contributed by atoms with Crippen LogP contribution in [0.15, 0.2) is 34.9 Å². The van der Waals surface area contributed by atoms with E-state index in [-0.39, 0.29) is 11.7 Å². The summed E-state index contributed by atoms with van der Waals surface area (Å²) in [7, 11) is 0. The molecular weight excluding hydrogens is 268 g/mol. The Morgan fingerprint density at radius 1 is 1.48 bits per heavy atom. The summed E-state index contributed by atoms with van der Waals surface area (Å²) in [6.07, 6.45) is 3.42. The first-order valence-electron chi connectivity index (χ1n) is 7.20. The minimum atomic E-state index is -0.453. The molecule has 1 aliphatic rings. The zero-order valence-electron chi connectivity index (χ0n) is 12.2. The first-order valence-corrected chi connectivity index (χ1v) is 7.20. The molecule has 21 heavy (non-hydrogen) atoms. The van der Waals surface area contributed by atoms with E-state index in [2.05, 4.69) is 24.0 Å². The maximum atomic E-state index is 11.7. The number of carbonyl (C=O) groups excluding carboxylic acids is 1. The molecule has 3 rings (SSSR count). The van der Waals surface area contributed by atoms with Gasteiger partial charge in [-0.1, -0.05) is 18.2 Å². The molecule has 0 bridgehead atoms. The summed E-state index contributed by atoms with van der Waals surface area (Å²) in [5.41, 5.74) is 2.57. The SMILES string of the molecule is CCOC(=O)c1coc(N2c3ccccc3CCC2C)n1. The summed E-state index contributed by atoms with van der Waals surface area (Å²) in [5.74, 6) is -0.453. The number of aryl methyl sites for hydroxylation is 1. The van der Waals surface area contributed by atoms with Crippen molar-refractivity contribution in [2.75, 3.05) is 11.5 Å². The van der Waals surface area contributed by atoms with Crippen LogP contribution in [0.3, 0.4) is 0 Å². The van der Waals surface area contributed by atoms with Crippen LogP contribution in [0, 0.1) is 0 Å². The van der Waals surface area contributed by atoms with Gasteiger partial charge in [-0.15, -0.1) is 0 Å². The quantitative estimate of drug-likeness (QED) is 0.810. The van der Waals surface area contributed by atoms with Gasteiger partial charge >= 0.3 is 12.0 Å². The molecule has 2 aromatic rings. The maximum Gasteiger partial charge on any atom is 0.360 e. The molecular formula is C16H18N2O3. The van der Waals surface area contributed by atoms with Gasteiger partial charge in [0.05, 0.1) is 6.61 Å². The Morgan fingerprint density at radius 2 is 2.29 bits per heavy atom. The van der Waals surface area contributed by atoms with Crippen LogP contribution in [0.5, 0.6) is 0 Å². The standard InChI is InChI=1S/C16H18N2O3/c1-3-20-15(19)13-10-21-16(17-13)18-11(2)8-9-12-6-4-5-7-14(12)18/h4-7,10-11H,3,8-9H2,1-2H3. The van der Waals surface area contributed by atoms with Crippen molar-refractivity contribution >= 4 is 17.7 Å². The van der Waals surface area contributed by atoms with E-state index in [1.54, 1.807) is 6.92 Å². The summed E-state index contributed by atoms with van der Waals surface area (Å²) in [4.78, 5) is 18.0. The van der Waals surface area contributed by atoms with Gasteiger partial charge in [-0.3, -0.25) is 4.90 Å². The van der Waals surface area contributed by atoms with Crippen LogP contribution in [0.1, 0.15) is 36.3 Å². The maximum absolute atomic E-state index is 11.7. The van der Waals surface area contributed by atoms with E-state index in [1.807, 2.05) is 17.0 Å². The third-order valence-electron chi connectivity index (χ3n) is 3.71. The van der Waals surface area contributed by atoms with Crippen molar-refractivity contribution in [3.63, 3.8) is 0 Å². The fourth-order valence-electron chi connectivity index (χ4n) is 2.65. The lowest BCUT2D eigenvalue weighted by Crippen LogP contribution is -2.33. The Bertz CT molecular complexity index is 650. The molecule has 0 N–H and O–H groups in total. The second kappa shape index (κ2) is 5.60. The predicted molar refractivity (Wildman–Crippen MR) is 78.8 cm³/mol. The number of hydrogen-bond acceptors (Lipinski definition) is 5. The smallest absolute Gasteiger partial charge is 0.360 e. The molecule has 1 aromatic heterocycles. The van der Waals surface area contributed by atoms with Crippen molar-refractivity contribution in [2.45, 2.75) is 32.7 Å². The van der Waals surface area contributed by atoms with Crippen molar-refractivity contribution in [1.29, 1.82) is 0 Å². The third kappa shape index (κ3) is 2.51.